The van der Waals surface area contributed by atoms with E-state index in [1.165, 1.54) is 0 Å². The van der Waals surface area contributed by atoms with Crippen LogP contribution in [0.3, 0.4) is 0 Å². The van der Waals surface area contributed by atoms with Crippen LogP contribution in [-0.4, -0.2) is 12.3 Å². The largest absolute Gasteiger partial charge is 0.497 e. The van der Waals surface area contributed by atoms with Crippen LogP contribution in [0, 0.1) is 13.8 Å². The van der Waals surface area contributed by atoms with E-state index in [4.69, 9.17) is 16.3 Å². The lowest BCUT2D eigenvalue weighted by Gasteiger charge is -2.06. The van der Waals surface area contributed by atoms with Gasteiger partial charge in [0.15, 0.2) is 0 Å². The van der Waals surface area contributed by atoms with E-state index in [1.807, 2.05) is 56.3 Å². The second kappa shape index (κ2) is 5.89. The lowest BCUT2D eigenvalue weighted by atomic mass is 10.1. The fourth-order valence-corrected chi connectivity index (χ4v) is 2.08. The van der Waals surface area contributed by atoms with E-state index in [0.29, 0.717) is 5.17 Å². The second-order valence-electron chi connectivity index (χ2n) is 4.37. The second-order valence-corrected chi connectivity index (χ2v) is 4.73. The topological polar surface area (TPSA) is 21.6 Å². The van der Waals surface area contributed by atoms with Gasteiger partial charge in [0.2, 0.25) is 0 Å². The highest BCUT2D eigenvalue weighted by molar-refractivity contribution is 6.69. The molecule has 0 N–H and O–H groups in total. The van der Waals surface area contributed by atoms with Crippen molar-refractivity contribution in [2.24, 2.45) is 4.99 Å². The van der Waals surface area contributed by atoms with Gasteiger partial charge in [-0.15, -0.1) is 0 Å². The molecular weight excluding hydrogens is 258 g/mol. The molecule has 0 unspecified atom stereocenters. The Morgan fingerprint density at radius 3 is 2.11 bits per heavy atom. The van der Waals surface area contributed by atoms with Crippen molar-refractivity contribution in [2.75, 3.05) is 7.11 Å². The van der Waals surface area contributed by atoms with Crippen molar-refractivity contribution in [3.63, 3.8) is 0 Å². The number of hydrogen-bond acceptors (Lipinski definition) is 2. The lowest BCUT2D eigenvalue weighted by Crippen LogP contribution is -1.92. The van der Waals surface area contributed by atoms with Crippen LogP contribution in [0.5, 0.6) is 5.75 Å². The molecule has 0 atom stereocenters. The van der Waals surface area contributed by atoms with Crippen LogP contribution >= 0.6 is 11.6 Å². The van der Waals surface area contributed by atoms with Crippen LogP contribution in [0.2, 0.25) is 0 Å². The van der Waals surface area contributed by atoms with E-state index >= 15 is 0 Å². The summed E-state index contributed by atoms with van der Waals surface area (Å²) < 4.78 is 5.12. The SMILES string of the molecule is COc1ccc(C(Cl)=Nc2c(C)cccc2C)cc1. The van der Waals surface area contributed by atoms with Crippen LogP contribution < -0.4 is 4.74 Å². The summed E-state index contributed by atoms with van der Waals surface area (Å²) in [5.74, 6) is 0.806. The summed E-state index contributed by atoms with van der Waals surface area (Å²) in [4.78, 5) is 4.53. The summed E-state index contributed by atoms with van der Waals surface area (Å²) in [6, 6.07) is 13.6. The first-order chi connectivity index (χ1) is 9.11. The normalized spacial score (nSPS) is 11.5. The molecule has 19 heavy (non-hydrogen) atoms. The fraction of sp³-hybridized carbons (Fsp3) is 0.188. The molecule has 0 fully saturated rings. The van der Waals surface area contributed by atoms with Crippen molar-refractivity contribution in [1.82, 2.24) is 0 Å². The van der Waals surface area contributed by atoms with E-state index in [0.717, 1.165) is 28.1 Å². The van der Waals surface area contributed by atoms with Gasteiger partial charge in [-0.3, -0.25) is 0 Å². The standard InChI is InChI=1S/C16H16ClNO/c1-11-5-4-6-12(2)15(11)18-16(17)13-7-9-14(19-3)10-8-13/h4-10H,1-3H3. The number of aryl methyl sites for hydroxylation is 2. The summed E-state index contributed by atoms with van der Waals surface area (Å²) in [6.07, 6.45) is 0. The average Bonchev–Trinajstić information content (AvgIpc) is 2.43. The Hall–Kier alpha value is -1.80. The van der Waals surface area contributed by atoms with E-state index in [1.54, 1.807) is 7.11 Å². The molecule has 2 aromatic rings. The maximum Gasteiger partial charge on any atom is 0.136 e. The third-order valence-electron chi connectivity index (χ3n) is 2.98. The highest BCUT2D eigenvalue weighted by atomic mass is 35.5. The number of methoxy groups -OCH3 is 1. The van der Waals surface area contributed by atoms with Crippen molar-refractivity contribution in [3.8, 4) is 5.75 Å². The molecule has 3 heteroatoms. The van der Waals surface area contributed by atoms with Crippen LogP contribution in [0.4, 0.5) is 5.69 Å². The summed E-state index contributed by atoms with van der Waals surface area (Å²) in [7, 11) is 1.64. The number of nitrogens with zero attached hydrogens (tertiary/aromatic N) is 1. The molecule has 0 amide bonds. The lowest BCUT2D eigenvalue weighted by molar-refractivity contribution is 0.415. The van der Waals surface area contributed by atoms with Crippen molar-refractivity contribution < 1.29 is 4.74 Å². The molecule has 0 saturated carbocycles. The molecule has 2 nitrogen and oxygen atoms in total. The molecule has 98 valence electrons. The minimum atomic E-state index is 0.486. The number of halogens is 1. The zero-order chi connectivity index (χ0) is 13.8. The van der Waals surface area contributed by atoms with E-state index < -0.39 is 0 Å². The van der Waals surface area contributed by atoms with Crippen molar-refractivity contribution >= 4 is 22.5 Å². The number of rotatable bonds is 3. The molecule has 0 aliphatic heterocycles. The third-order valence-corrected chi connectivity index (χ3v) is 3.28. The highest BCUT2D eigenvalue weighted by Crippen LogP contribution is 2.25. The van der Waals surface area contributed by atoms with Crippen molar-refractivity contribution in [1.29, 1.82) is 0 Å². The molecular formula is C16H16ClNO. The number of hydrogen-bond donors (Lipinski definition) is 0. The van der Waals surface area contributed by atoms with Gasteiger partial charge in [0.25, 0.3) is 0 Å². The van der Waals surface area contributed by atoms with Crippen LogP contribution in [0.15, 0.2) is 47.5 Å². The molecule has 0 bridgehead atoms. The van der Waals surface area contributed by atoms with E-state index in [-0.39, 0.29) is 0 Å². The van der Waals surface area contributed by atoms with Gasteiger partial charge in [0.05, 0.1) is 12.8 Å². The first kappa shape index (κ1) is 13.6. The Kier molecular flexibility index (Phi) is 4.23. The maximum atomic E-state index is 6.29. The zero-order valence-corrected chi connectivity index (χ0v) is 12.0. The smallest absolute Gasteiger partial charge is 0.136 e. The van der Waals surface area contributed by atoms with Crippen molar-refractivity contribution in [2.45, 2.75) is 13.8 Å². The first-order valence-corrected chi connectivity index (χ1v) is 6.44. The third kappa shape index (κ3) is 3.15. The Labute approximate surface area is 118 Å². The van der Waals surface area contributed by atoms with Gasteiger partial charge in [-0.05, 0) is 49.2 Å². The maximum absolute atomic E-state index is 6.29. The van der Waals surface area contributed by atoms with Gasteiger partial charge >= 0.3 is 0 Å². The van der Waals surface area contributed by atoms with Crippen LogP contribution in [-0.2, 0) is 0 Å². The molecule has 0 aliphatic carbocycles. The number of aliphatic imine (C=N–C) groups is 1. The zero-order valence-electron chi connectivity index (χ0n) is 11.3. The fourth-order valence-electron chi connectivity index (χ4n) is 1.87. The van der Waals surface area contributed by atoms with Crippen LogP contribution in [0.25, 0.3) is 0 Å². The predicted molar refractivity (Wildman–Crippen MR) is 81.0 cm³/mol. The molecule has 0 saturated heterocycles. The van der Waals surface area contributed by atoms with Gasteiger partial charge < -0.3 is 4.74 Å². The summed E-state index contributed by atoms with van der Waals surface area (Å²) in [5, 5.41) is 0.486. The predicted octanol–water partition coefficient (Wildman–Crippen LogP) is 4.63. The Bertz CT molecular complexity index is 582. The summed E-state index contributed by atoms with van der Waals surface area (Å²) in [5.41, 5.74) is 4.05. The minimum Gasteiger partial charge on any atom is -0.497 e. The van der Waals surface area contributed by atoms with Gasteiger partial charge in [-0.25, -0.2) is 4.99 Å². The Balaban J connectivity index is 2.37. The first-order valence-electron chi connectivity index (χ1n) is 6.06. The molecule has 0 aliphatic rings. The molecule has 2 aromatic carbocycles. The number of benzene rings is 2. The van der Waals surface area contributed by atoms with E-state index in [2.05, 4.69) is 4.99 Å². The van der Waals surface area contributed by atoms with E-state index in [9.17, 15) is 0 Å². The monoisotopic (exact) mass is 273 g/mol. The van der Waals surface area contributed by atoms with Gasteiger partial charge in [-0.1, -0.05) is 29.8 Å². The van der Waals surface area contributed by atoms with Crippen molar-refractivity contribution in [3.05, 3.63) is 59.2 Å². The Morgan fingerprint density at radius 2 is 1.58 bits per heavy atom. The quantitative estimate of drug-likeness (QED) is 0.747. The molecule has 0 heterocycles. The molecule has 0 aromatic heterocycles. The molecule has 0 radical (unpaired) electrons. The molecule has 0 spiro atoms. The average molecular weight is 274 g/mol. The van der Waals surface area contributed by atoms with Crippen LogP contribution in [0.1, 0.15) is 16.7 Å². The number of ether oxygens (including phenoxy) is 1. The minimum absolute atomic E-state index is 0.486. The summed E-state index contributed by atoms with van der Waals surface area (Å²) >= 11 is 6.29. The van der Waals surface area contributed by atoms with Gasteiger partial charge in [0, 0.05) is 5.56 Å². The summed E-state index contributed by atoms with van der Waals surface area (Å²) in [6.45, 7) is 4.06. The van der Waals surface area contributed by atoms with Gasteiger partial charge in [-0.2, -0.15) is 0 Å². The van der Waals surface area contributed by atoms with Gasteiger partial charge in [0.1, 0.15) is 10.9 Å². The number of para-hydroxylation sites is 1. The highest BCUT2D eigenvalue weighted by Gasteiger charge is 2.04. The Morgan fingerprint density at radius 1 is 1.00 bits per heavy atom. The molecule has 2 rings (SSSR count).